The molecule has 0 saturated carbocycles. The van der Waals surface area contributed by atoms with Crippen molar-refractivity contribution in [1.82, 2.24) is 15.5 Å². The summed E-state index contributed by atoms with van der Waals surface area (Å²) < 4.78 is 0. The Morgan fingerprint density at radius 2 is 2.15 bits per heavy atom. The molecule has 4 amide bonds. The van der Waals surface area contributed by atoms with Crippen LogP contribution in [0.3, 0.4) is 0 Å². The summed E-state index contributed by atoms with van der Waals surface area (Å²) >= 11 is 1.47. The average Bonchev–Trinajstić information content (AvgIpc) is 2.61. The minimum absolute atomic E-state index is 0.106. The van der Waals surface area contributed by atoms with E-state index in [1.807, 2.05) is 6.26 Å². The second kappa shape index (κ2) is 7.13. The molecule has 1 fully saturated rings. The molecule has 1 heterocycles. The Balaban J connectivity index is 2.52. The van der Waals surface area contributed by atoms with Gasteiger partial charge in [-0.3, -0.25) is 14.5 Å². The molecule has 2 atom stereocenters. The van der Waals surface area contributed by atoms with Gasteiger partial charge in [-0.25, -0.2) is 9.59 Å². The highest BCUT2D eigenvalue weighted by molar-refractivity contribution is 7.98. The van der Waals surface area contributed by atoms with Crippen LogP contribution in [-0.4, -0.2) is 65.0 Å². The predicted octanol–water partition coefficient (Wildman–Crippen LogP) is -0.751. The van der Waals surface area contributed by atoms with Crippen LogP contribution in [0.25, 0.3) is 0 Å². The molecule has 1 aliphatic heterocycles. The quantitative estimate of drug-likeness (QED) is 0.556. The third-order valence-electron chi connectivity index (χ3n) is 2.90. The van der Waals surface area contributed by atoms with Gasteiger partial charge in [-0.05, 0) is 18.4 Å². The van der Waals surface area contributed by atoms with E-state index in [9.17, 15) is 19.2 Å². The Morgan fingerprint density at radius 3 is 2.60 bits per heavy atom. The topological polar surface area (TPSA) is 116 Å². The second-order valence-corrected chi connectivity index (χ2v) is 5.32. The number of hydrogen-bond acceptors (Lipinski definition) is 5. The number of amides is 4. The summed E-state index contributed by atoms with van der Waals surface area (Å²) in [6.07, 6.45) is 2.00. The highest BCUT2D eigenvalue weighted by atomic mass is 32.2. The largest absolute Gasteiger partial charge is 0.480 e. The smallest absolute Gasteiger partial charge is 0.326 e. The van der Waals surface area contributed by atoms with Crippen molar-refractivity contribution in [2.45, 2.75) is 24.9 Å². The minimum Gasteiger partial charge on any atom is -0.480 e. The Labute approximate surface area is 120 Å². The number of urea groups is 1. The minimum atomic E-state index is -1.14. The van der Waals surface area contributed by atoms with Crippen molar-refractivity contribution in [3.63, 3.8) is 0 Å². The van der Waals surface area contributed by atoms with E-state index in [-0.39, 0.29) is 18.7 Å². The van der Waals surface area contributed by atoms with Crippen LogP contribution in [0.2, 0.25) is 0 Å². The first kappa shape index (κ1) is 16.3. The normalized spacial score (nSPS) is 19.9. The van der Waals surface area contributed by atoms with Gasteiger partial charge in [-0.15, -0.1) is 0 Å². The van der Waals surface area contributed by atoms with Crippen LogP contribution in [0.15, 0.2) is 0 Å². The van der Waals surface area contributed by atoms with Gasteiger partial charge in [-0.1, -0.05) is 0 Å². The van der Waals surface area contributed by atoms with Crippen molar-refractivity contribution < 1.29 is 24.3 Å². The average molecular weight is 303 g/mol. The molecule has 20 heavy (non-hydrogen) atoms. The van der Waals surface area contributed by atoms with E-state index in [4.69, 9.17) is 5.11 Å². The van der Waals surface area contributed by atoms with Gasteiger partial charge in [-0.2, -0.15) is 11.8 Å². The van der Waals surface area contributed by atoms with Gasteiger partial charge in [0, 0.05) is 7.05 Å². The van der Waals surface area contributed by atoms with Gasteiger partial charge < -0.3 is 15.7 Å². The van der Waals surface area contributed by atoms with Crippen LogP contribution in [0.4, 0.5) is 4.79 Å². The fourth-order valence-electron chi connectivity index (χ4n) is 1.72. The monoisotopic (exact) mass is 303 g/mol. The molecule has 1 rings (SSSR count). The first-order valence-corrected chi connectivity index (χ1v) is 7.35. The van der Waals surface area contributed by atoms with Crippen molar-refractivity contribution in [1.29, 1.82) is 0 Å². The number of nitrogens with one attached hydrogen (secondary N) is 2. The van der Waals surface area contributed by atoms with Crippen LogP contribution < -0.4 is 10.6 Å². The first-order valence-electron chi connectivity index (χ1n) is 5.96. The number of aliphatic carboxylic acids is 1. The van der Waals surface area contributed by atoms with Gasteiger partial charge in [0.15, 0.2) is 0 Å². The summed E-state index contributed by atoms with van der Waals surface area (Å²) in [6, 6.07) is -2.71. The summed E-state index contributed by atoms with van der Waals surface area (Å²) in [7, 11) is 1.34. The fourth-order valence-corrected chi connectivity index (χ4v) is 2.19. The summed E-state index contributed by atoms with van der Waals surface area (Å²) in [5.41, 5.74) is 0. The first-order chi connectivity index (χ1) is 9.36. The molecule has 0 aromatic carbocycles. The number of hydrogen-bond donors (Lipinski definition) is 3. The molecular weight excluding hydrogens is 286 g/mol. The van der Waals surface area contributed by atoms with E-state index >= 15 is 0 Å². The number of carbonyl (C=O) groups is 4. The molecule has 0 spiro atoms. The molecule has 1 unspecified atom stereocenters. The Bertz CT molecular complexity index is 428. The number of carboxylic acids is 1. The van der Waals surface area contributed by atoms with Crippen molar-refractivity contribution in [3.05, 3.63) is 0 Å². The van der Waals surface area contributed by atoms with E-state index in [2.05, 4.69) is 10.6 Å². The number of likely N-dealkylation sites (N-methyl/N-ethyl adjacent to an activating group) is 1. The molecule has 0 radical (unpaired) electrons. The van der Waals surface area contributed by atoms with Crippen molar-refractivity contribution >= 4 is 35.6 Å². The molecule has 1 saturated heterocycles. The van der Waals surface area contributed by atoms with Crippen molar-refractivity contribution in [2.75, 3.05) is 19.1 Å². The van der Waals surface area contributed by atoms with E-state index in [1.54, 1.807) is 0 Å². The fraction of sp³-hybridized carbons (Fsp3) is 0.636. The highest BCUT2D eigenvalue weighted by Gasteiger charge is 2.37. The molecule has 1 aliphatic rings. The maximum atomic E-state index is 11.7. The lowest BCUT2D eigenvalue weighted by atomic mass is 10.2. The standard InChI is InChI=1S/C11H17N3O5S/c1-14-8(15)5-7(9(14)16)13-11(19)12-6(10(17)18)3-4-20-2/h6-7H,3-5H2,1-2H3,(H,17,18)(H2,12,13,19)/t6-,7?/m0/s1. The summed E-state index contributed by atoms with van der Waals surface area (Å²) in [5, 5.41) is 13.6. The van der Waals surface area contributed by atoms with Crippen LogP contribution in [0.1, 0.15) is 12.8 Å². The number of nitrogens with zero attached hydrogens (tertiary/aromatic N) is 1. The number of rotatable bonds is 6. The van der Waals surface area contributed by atoms with Gasteiger partial charge in [0.25, 0.3) is 5.91 Å². The zero-order valence-electron chi connectivity index (χ0n) is 11.2. The van der Waals surface area contributed by atoms with Crippen LogP contribution in [0.5, 0.6) is 0 Å². The molecule has 0 aliphatic carbocycles. The summed E-state index contributed by atoms with van der Waals surface area (Å²) in [6.45, 7) is 0. The molecule has 8 nitrogen and oxygen atoms in total. The lowest BCUT2D eigenvalue weighted by molar-refractivity contribution is -0.139. The SMILES string of the molecule is CSCC[C@H](NC(=O)NC1CC(=O)N(C)C1=O)C(=O)O. The van der Waals surface area contributed by atoms with E-state index in [1.165, 1.54) is 18.8 Å². The molecular formula is C11H17N3O5S. The van der Waals surface area contributed by atoms with Crippen molar-refractivity contribution in [2.24, 2.45) is 0 Å². The number of likely N-dealkylation sites (tertiary alicyclic amines) is 1. The number of carboxylic acid groups (broad SMARTS) is 1. The van der Waals surface area contributed by atoms with Crippen LogP contribution >= 0.6 is 11.8 Å². The van der Waals surface area contributed by atoms with Gasteiger partial charge in [0.1, 0.15) is 12.1 Å². The van der Waals surface area contributed by atoms with Crippen LogP contribution in [-0.2, 0) is 14.4 Å². The zero-order valence-corrected chi connectivity index (χ0v) is 12.0. The zero-order chi connectivity index (χ0) is 15.3. The maximum absolute atomic E-state index is 11.7. The van der Waals surface area contributed by atoms with Crippen molar-refractivity contribution in [3.8, 4) is 0 Å². The molecule has 3 N–H and O–H groups in total. The Kier molecular flexibility index (Phi) is 5.81. The lowest BCUT2D eigenvalue weighted by Crippen LogP contribution is -2.50. The second-order valence-electron chi connectivity index (χ2n) is 4.34. The lowest BCUT2D eigenvalue weighted by Gasteiger charge is -2.16. The number of imide groups is 1. The van der Waals surface area contributed by atoms with Gasteiger partial charge in [0.2, 0.25) is 5.91 Å². The molecule has 112 valence electrons. The van der Waals surface area contributed by atoms with Gasteiger partial charge >= 0.3 is 12.0 Å². The van der Waals surface area contributed by atoms with E-state index in [0.29, 0.717) is 5.75 Å². The Hall–Kier alpha value is -1.77. The Morgan fingerprint density at radius 1 is 1.50 bits per heavy atom. The highest BCUT2D eigenvalue weighted by Crippen LogP contribution is 2.10. The van der Waals surface area contributed by atoms with E-state index < -0.39 is 30.0 Å². The van der Waals surface area contributed by atoms with Crippen LogP contribution in [0, 0.1) is 0 Å². The summed E-state index contributed by atoms with van der Waals surface area (Å²) in [5.74, 6) is -1.43. The maximum Gasteiger partial charge on any atom is 0.326 e. The molecule has 0 aromatic rings. The third-order valence-corrected chi connectivity index (χ3v) is 3.54. The third kappa shape index (κ3) is 4.12. The molecule has 0 aromatic heterocycles. The summed E-state index contributed by atoms with van der Waals surface area (Å²) in [4.78, 5) is 46.4. The van der Waals surface area contributed by atoms with E-state index in [0.717, 1.165) is 4.90 Å². The number of thioether (sulfide) groups is 1. The predicted molar refractivity (Wildman–Crippen MR) is 72.3 cm³/mol. The molecule has 0 bridgehead atoms. The van der Waals surface area contributed by atoms with Gasteiger partial charge in [0.05, 0.1) is 6.42 Å². The molecule has 9 heteroatoms. The number of carbonyl (C=O) groups excluding carboxylic acids is 3.